The molecule has 3 rings (SSSR count). The minimum Gasteiger partial charge on any atom is -0.467 e. The Hall–Kier alpha value is -7.90. The zero-order valence-electron chi connectivity index (χ0n) is 58.0. The van der Waals surface area contributed by atoms with Gasteiger partial charge in [0.05, 0.1) is 70.2 Å². The number of likely N-dealkylation sites (tertiary alicyclic amines) is 1. The molecule has 27 nitrogen and oxygen atoms in total. The van der Waals surface area contributed by atoms with E-state index in [0.29, 0.717) is 50.3 Å². The number of urea groups is 1. The second-order valence-corrected chi connectivity index (χ2v) is 24.8. The van der Waals surface area contributed by atoms with Crippen LogP contribution in [0.4, 0.5) is 15.3 Å². The molecule has 0 bridgehead atoms. The second-order valence-electron chi connectivity index (χ2n) is 24.8. The van der Waals surface area contributed by atoms with E-state index in [4.69, 9.17) is 45.3 Å². The molecule has 0 spiro atoms. The van der Waals surface area contributed by atoms with Crippen molar-refractivity contribution >= 4 is 65.1 Å². The number of nitrogens with zero attached hydrogens (tertiary/aromatic N) is 3. The Morgan fingerprint density at radius 3 is 1.92 bits per heavy atom. The van der Waals surface area contributed by atoms with Crippen molar-refractivity contribution in [3.63, 3.8) is 0 Å². The van der Waals surface area contributed by atoms with Crippen LogP contribution >= 0.6 is 0 Å². The molecule has 2 aromatic rings. The molecule has 1 aliphatic heterocycles. The fourth-order valence-electron chi connectivity index (χ4n) is 11.4. The molecule has 8 N–H and O–H groups in total. The molecule has 0 radical (unpaired) electrons. The number of nitrogens with one attached hydrogen (secondary N) is 6. The highest BCUT2D eigenvalue weighted by atomic mass is 16.6. The fourth-order valence-corrected chi connectivity index (χ4v) is 11.4. The number of rotatable bonds is 42. The Labute approximate surface area is 560 Å². The summed E-state index contributed by atoms with van der Waals surface area (Å²) in [6.45, 7) is 17.2. The van der Waals surface area contributed by atoms with Gasteiger partial charge in [-0.25, -0.2) is 14.4 Å². The van der Waals surface area contributed by atoms with E-state index in [1.165, 1.54) is 38.2 Å². The number of esters is 1. The summed E-state index contributed by atoms with van der Waals surface area (Å²) in [4.78, 5) is 140. The molecule has 530 valence electrons. The predicted molar refractivity (Wildman–Crippen MR) is 355 cm³/mol. The van der Waals surface area contributed by atoms with Crippen LogP contribution in [0.25, 0.3) is 0 Å². The van der Waals surface area contributed by atoms with E-state index < -0.39 is 132 Å². The number of methoxy groups -OCH3 is 3. The zero-order valence-corrected chi connectivity index (χ0v) is 58.0. The molecule has 0 saturated carbocycles. The van der Waals surface area contributed by atoms with Gasteiger partial charge >= 0.3 is 18.1 Å². The van der Waals surface area contributed by atoms with Crippen LogP contribution in [0, 0.1) is 41.9 Å². The molecule has 11 atom stereocenters. The first-order valence-electron chi connectivity index (χ1n) is 32.6. The predicted octanol–water partition coefficient (Wildman–Crippen LogP) is 3.94. The number of carbonyl (C=O) groups excluding carboxylic acids is 10. The summed E-state index contributed by atoms with van der Waals surface area (Å²) in [5, 5.41) is 16.4. The Kier molecular flexibility index (Phi) is 36.4. The largest absolute Gasteiger partial charge is 0.467 e. The van der Waals surface area contributed by atoms with Crippen molar-refractivity contribution in [3.05, 3.63) is 65.7 Å². The fraction of sp³-hybridized carbons (Fsp3) is 0.647. The highest BCUT2D eigenvalue weighted by Gasteiger charge is 2.44. The number of amides is 10. The van der Waals surface area contributed by atoms with Crippen molar-refractivity contribution in [2.24, 2.45) is 35.3 Å². The van der Waals surface area contributed by atoms with Crippen LogP contribution in [0.5, 0.6) is 0 Å². The highest BCUT2D eigenvalue weighted by molar-refractivity contribution is 5.98. The van der Waals surface area contributed by atoms with Crippen molar-refractivity contribution in [2.75, 3.05) is 93.5 Å². The maximum Gasteiger partial charge on any atom is 0.410 e. The molecule has 1 heterocycles. The summed E-state index contributed by atoms with van der Waals surface area (Å²) in [5.74, 6) is -4.01. The number of primary amides is 1. The van der Waals surface area contributed by atoms with Gasteiger partial charge in [-0.15, -0.1) is 6.42 Å². The number of hydrogen-bond acceptors (Lipinski definition) is 17. The average Bonchev–Trinajstić information content (AvgIpc) is 1.81. The third-order valence-corrected chi connectivity index (χ3v) is 16.8. The minimum absolute atomic E-state index is 0.0800. The van der Waals surface area contributed by atoms with Gasteiger partial charge in [-0.2, -0.15) is 0 Å². The lowest BCUT2D eigenvalue weighted by Gasteiger charge is -2.41. The second kappa shape index (κ2) is 42.5. The van der Waals surface area contributed by atoms with Gasteiger partial charge in [0, 0.05) is 53.5 Å². The van der Waals surface area contributed by atoms with Crippen molar-refractivity contribution in [2.45, 2.75) is 168 Å². The lowest BCUT2D eigenvalue weighted by molar-refractivity contribution is -0.149. The molecule has 0 aliphatic carbocycles. The molecular weight excluding hydrogens is 1230 g/mol. The van der Waals surface area contributed by atoms with Crippen LogP contribution in [0.1, 0.15) is 112 Å². The number of anilines is 1. The van der Waals surface area contributed by atoms with E-state index in [2.05, 4.69) is 37.8 Å². The first kappa shape index (κ1) is 81.3. The quantitative estimate of drug-likeness (QED) is 0.0281. The van der Waals surface area contributed by atoms with Gasteiger partial charge in [-0.1, -0.05) is 117 Å². The minimum atomic E-state index is -1.12. The van der Waals surface area contributed by atoms with Crippen LogP contribution in [0.2, 0.25) is 0 Å². The van der Waals surface area contributed by atoms with E-state index in [-0.39, 0.29) is 77.1 Å². The highest BCUT2D eigenvalue weighted by Crippen LogP contribution is 2.30. The van der Waals surface area contributed by atoms with E-state index in [1.54, 1.807) is 84.7 Å². The van der Waals surface area contributed by atoms with Crippen molar-refractivity contribution < 1.29 is 81.1 Å². The number of hydrogen-bond donors (Lipinski definition) is 7. The molecule has 1 aliphatic rings. The molecule has 0 aromatic heterocycles. The summed E-state index contributed by atoms with van der Waals surface area (Å²) < 4.78 is 38.7. The molecule has 1 saturated heterocycles. The smallest absolute Gasteiger partial charge is 0.410 e. The summed E-state index contributed by atoms with van der Waals surface area (Å²) >= 11 is 0. The standard InChI is InChI=1S/C68H106N10O17/c1-16-33-92-34-35-93-36-37-94-41-54(79)74-56(42(3)4)63(83)72-50(25-21-31-70-67(69)87)62(82)71-49-29-27-48(28-30-49)40-95-68(88)77(12)58(44(7)8)64(84)75-57(43(5)6)65(85)76(11)59(45(9)17-2)53(89-13)39-55(80)78-32-22-26-52(78)60(90-14)46(10)61(81)73-51(66(86)91-15)38-47-23-19-18-20-24-47/h1,18-20,23-24,27-30,42-46,50-53,56-60H,17,21-22,25-26,31-41H2,2-15H3,(H,71,82)(H,72,83)(H,73,81)(H,74,79)(H,75,84)(H3,69,70,87)/t45?,46-,50?,51?,52+,53-,56+,57+,58+,59+,60-/m1/s1. The topological polar surface area (TPSA) is 343 Å². The zero-order chi connectivity index (χ0) is 70.9. The van der Waals surface area contributed by atoms with Crippen molar-refractivity contribution in [1.29, 1.82) is 0 Å². The van der Waals surface area contributed by atoms with Crippen LogP contribution in [-0.2, 0) is 84.5 Å². The Bertz CT molecular complexity index is 2800. The van der Waals surface area contributed by atoms with Crippen LogP contribution in [-0.4, -0.2) is 217 Å². The number of benzene rings is 2. The molecule has 27 heteroatoms. The Morgan fingerprint density at radius 2 is 1.34 bits per heavy atom. The molecule has 3 unspecified atom stereocenters. The third kappa shape index (κ3) is 26.7. The lowest BCUT2D eigenvalue weighted by atomic mass is 9.89. The molecule has 95 heavy (non-hydrogen) atoms. The number of likely N-dealkylation sites (N-methyl/N-ethyl adjacent to an activating group) is 2. The van der Waals surface area contributed by atoms with Crippen LogP contribution in [0.15, 0.2) is 54.6 Å². The average molecular weight is 1340 g/mol. The molecule has 2 aromatic carbocycles. The molecule has 1 fully saturated rings. The molecular formula is C68H106N10O17. The summed E-state index contributed by atoms with van der Waals surface area (Å²) in [5.41, 5.74) is 6.93. The summed E-state index contributed by atoms with van der Waals surface area (Å²) in [6.07, 6.45) is 5.02. The number of carbonyl (C=O) groups is 10. The SMILES string of the molecule is C#CCOCCOCCOCC(=O)N[C@H](C(=O)NC(CCCNC(N)=O)C(=O)Nc1ccc(COC(=O)N(C)[C@H](C(=O)N[C@H](C(=O)N(C)[C@@H](C(C)CC)[C@@H](CC(=O)N2CCC[C@H]2[C@H](OC)[C@@H](C)C(=O)NC(Cc2ccccc2)C(=O)OC)OC)C(C)C)C(C)C)cc1)C(C)C. The van der Waals surface area contributed by atoms with E-state index in [9.17, 15) is 47.9 Å². The van der Waals surface area contributed by atoms with Gasteiger partial charge in [0.1, 0.15) is 50.0 Å². The number of terminal acetylenes is 1. The first-order chi connectivity index (χ1) is 45.1. The first-order valence-corrected chi connectivity index (χ1v) is 32.6. The van der Waals surface area contributed by atoms with Gasteiger partial charge in [0.25, 0.3) is 0 Å². The Morgan fingerprint density at radius 1 is 0.705 bits per heavy atom. The van der Waals surface area contributed by atoms with Gasteiger partial charge in [-0.05, 0) is 72.6 Å². The maximum absolute atomic E-state index is 14.8. The van der Waals surface area contributed by atoms with E-state index >= 15 is 0 Å². The maximum atomic E-state index is 14.8. The molecule has 10 amide bonds. The van der Waals surface area contributed by atoms with Crippen LogP contribution < -0.4 is 37.6 Å². The van der Waals surface area contributed by atoms with Crippen molar-refractivity contribution in [1.82, 2.24) is 41.3 Å². The normalized spacial score (nSPS) is 16.1. The monoisotopic (exact) mass is 1330 g/mol. The van der Waals surface area contributed by atoms with Crippen molar-refractivity contribution in [3.8, 4) is 12.3 Å². The van der Waals surface area contributed by atoms with Gasteiger partial charge < -0.3 is 80.6 Å². The van der Waals surface area contributed by atoms with Gasteiger partial charge in [0.2, 0.25) is 41.4 Å². The van der Waals surface area contributed by atoms with E-state index in [0.717, 1.165) is 5.56 Å². The van der Waals surface area contributed by atoms with Crippen LogP contribution in [0.3, 0.4) is 0 Å². The third-order valence-electron chi connectivity index (χ3n) is 16.8. The summed E-state index contributed by atoms with van der Waals surface area (Å²) in [7, 11) is 7.29. The number of ether oxygens (including phenoxy) is 7. The Balaban J connectivity index is 1.69. The van der Waals surface area contributed by atoms with Gasteiger partial charge in [-0.3, -0.25) is 38.5 Å². The summed E-state index contributed by atoms with van der Waals surface area (Å²) in [6, 6.07) is 8.44. The lowest BCUT2D eigenvalue weighted by Crippen LogP contribution is -2.60. The van der Waals surface area contributed by atoms with E-state index in [1.807, 2.05) is 44.2 Å². The number of nitrogens with two attached hydrogens (primary N) is 1. The van der Waals surface area contributed by atoms with Gasteiger partial charge in [0.15, 0.2) is 0 Å².